The van der Waals surface area contributed by atoms with E-state index >= 15 is 0 Å². The number of ketones is 1. The summed E-state index contributed by atoms with van der Waals surface area (Å²) in [7, 11) is 2.90. The Labute approximate surface area is 83.7 Å². The van der Waals surface area contributed by atoms with E-state index in [1.54, 1.807) is 0 Å². The quantitative estimate of drug-likeness (QED) is 0.678. The van der Waals surface area contributed by atoms with Gasteiger partial charge in [0, 0.05) is 26.9 Å². The Balaban J connectivity index is 0.000000255. The van der Waals surface area contributed by atoms with Gasteiger partial charge in [-0.3, -0.25) is 4.79 Å². The molecular weight excluding hydrogens is 184 g/mol. The molecule has 0 aliphatic carbocycles. The molecule has 0 aromatic heterocycles. The molecule has 0 radical (unpaired) electrons. The van der Waals surface area contributed by atoms with E-state index in [9.17, 15) is 14.4 Å². The number of carbonyl (C=O) groups excluding carboxylic acids is 3. The summed E-state index contributed by atoms with van der Waals surface area (Å²) < 4.78 is 0. The molecule has 0 N–H and O–H groups in total. The summed E-state index contributed by atoms with van der Waals surface area (Å²) in [6.07, 6.45) is 1.38. The van der Waals surface area contributed by atoms with Crippen LogP contribution in [0.25, 0.3) is 0 Å². The monoisotopic (exact) mass is 200 g/mol. The molecule has 0 aromatic carbocycles. The fourth-order valence-electron chi connectivity index (χ4n) is 0.819. The van der Waals surface area contributed by atoms with Crippen LogP contribution in [-0.4, -0.2) is 41.7 Å². The number of carbonyl (C=O) groups is 3. The molecule has 0 atom stereocenters. The van der Waals surface area contributed by atoms with Gasteiger partial charge in [0.1, 0.15) is 5.78 Å². The van der Waals surface area contributed by atoms with E-state index in [1.165, 1.54) is 14.1 Å². The lowest BCUT2D eigenvalue weighted by Gasteiger charge is -2.32. The molecule has 0 bridgehead atoms. The minimum atomic E-state index is -0.241. The lowest BCUT2D eigenvalue weighted by molar-refractivity contribution is -0.118. The molecule has 4 amide bonds. The van der Waals surface area contributed by atoms with E-state index in [0.717, 1.165) is 9.80 Å². The van der Waals surface area contributed by atoms with E-state index in [1.807, 2.05) is 13.8 Å². The number of rotatable bonds is 2. The third-order valence-corrected chi connectivity index (χ3v) is 1.94. The van der Waals surface area contributed by atoms with E-state index < -0.39 is 0 Å². The van der Waals surface area contributed by atoms with Crippen molar-refractivity contribution in [1.82, 2.24) is 9.80 Å². The van der Waals surface area contributed by atoms with Gasteiger partial charge >= 0.3 is 12.1 Å². The van der Waals surface area contributed by atoms with Gasteiger partial charge < -0.3 is 0 Å². The van der Waals surface area contributed by atoms with Gasteiger partial charge in [0.15, 0.2) is 0 Å². The van der Waals surface area contributed by atoms with Crippen LogP contribution < -0.4 is 0 Å². The van der Waals surface area contributed by atoms with Crippen LogP contribution >= 0.6 is 0 Å². The van der Waals surface area contributed by atoms with E-state index in [-0.39, 0.29) is 12.1 Å². The molecule has 1 aliphatic rings. The maximum atomic E-state index is 10.4. The van der Waals surface area contributed by atoms with Crippen molar-refractivity contribution in [2.24, 2.45) is 0 Å². The Hall–Kier alpha value is -1.39. The van der Waals surface area contributed by atoms with Gasteiger partial charge in [-0.2, -0.15) is 0 Å². The van der Waals surface area contributed by atoms with E-state index in [4.69, 9.17) is 0 Å². The Bertz CT molecular complexity index is 214. The predicted octanol–water partition coefficient (Wildman–Crippen LogP) is 1.48. The summed E-state index contributed by atoms with van der Waals surface area (Å²) in [5.74, 6) is 0.343. The predicted molar refractivity (Wildman–Crippen MR) is 51.9 cm³/mol. The van der Waals surface area contributed by atoms with Crippen molar-refractivity contribution in [3.05, 3.63) is 0 Å². The van der Waals surface area contributed by atoms with Gasteiger partial charge in [-0.15, -0.1) is 0 Å². The second-order valence-corrected chi connectivity index (χ2v) is 2.93. The van der Waals surface area contributed by atoms with E-state index in [2.05, 4.69) is 0 Å². The van der Waals surface area contributed by atoms with Crippen molar-refractivity contribution < 1.29 is 14.4 Å². The molecule has 1 saturated heterocycles. The minimum Gasteiger partial charge on any atom is -0.300 e. The fourth-order valence-corrected chi connectivity index (χ4v) is 0.819. The summed E-state index contributed by atoms with van der Waals surface area (Å²) in [5.41, 5.74) is 0. The number of imide groups is 2. The Morgan fingerprint density at radius 2 is 1.29 bits per heavy atom. The zero-order chi connectivity index (χ0) is 11.3. The van der Waals surface area contributed by atoms with Gasteiger partial charge in [0.2, 0.25) is 0 Å². The van der Waals surface area contributed by atoms with Crippen molar-refractivity contribution >= 4 is 17.8 Å². The molecule has 0 unspecified atom stereocenters. The molecule has 1 heterocycles. The van der Waals surface area contributed by atoms with Crippen molar-refractivity contribution in [2.75, 3.05) is 14.1 Å². The number of hydrogen-bond donors (Lipinski definition) is 0. The normalized spacial score (nSPS) is 14.6. The molecule has 1 aliphatic heterocycles. The minimum absolute atomic E-state index is 0.241. The first kappa shape index (κ1) is 12.6. The number of amides is 4. The number of Topliss-reactive ketones (excluding diaryl/α,β-unsaturated/α-hetero) is 1. The first-order chi connectivity index (χ1) is 6.45. The SMILES string of the molecule is CCC(=O)CC.CN1C(=O)N(C)C1=O. The van der Waals surface area contributed by atoms with Gasteiger partial charge in [-0.25, -0.2) is 19.4 Å². The van der Waals surface area contributed by atoms with Crippen molar-refractivity contribution in [2.45, 2.75) is 26.7 Å². The summed E-state index contributed by atoms with van der Waals surface area (Å²) >= 11 is 0. The van der Waals surface area contributed by atoms with Crippen molar-refractivity contribution in [3.8, 4) is 0 Å². The average molecular weight is 200 g/mol. The molecule has 0 spiro atoms. The third kappa shape index (κ3) is 2.83. The fraction of sp³-hybridized carbons (Fsp3) is 0.667. The molecular formula is C9H16N2O3. The van der Waals surface area contributed by atoms with Crippen LogP contribution in [0.15, 0.2) is 0 Å². The van der Waals surface area contributed by atoms with Crippen LogP contribution in [0.4, 0.5) is 9.59 Å². The van der Waals surface area contributed by atoms with Crippen LogP contribution in [0.5, 0.6) is 0 Å². The first-order valence-corrected chi connectivity index (χ1v) is 4.52. The smallest absolute Gasteiger partial charge is 0.300 e. The largest absolute Gasteiger partial charge is 0.335 e. The van der Waals surface area contributed by atoms with Gasteiger partial charge in [0.05, 0.1) is 0 Å². The highest BCUT2D eigenvalue weighted by atomic mass is 16.2. The Morgan fingerprint density at radius 1 is 1.00 bits per heavy atom. The molecule has 14 heavy (non-hydrogen) atoms. The van der Waals surface area contributed by atoms with Crippen LogP contribution in [0.2, 0.25) is 0 Å². The van der Waals surface area contributed by atoms with Gasteiger partial charge in [-0.05, 0) is 0 Å². The third-order valence-electron chi connectivity index (χ3n) is 1.94. The molecule has 5 nitrogen and oxygen atoms in total. The second kappa shape index (κ2) is 5.36. The molecule has 0 saturated carbocycles. The summed E-state index contributed by atoms with van der Waals surface area (Å²) in [4.78, 5) is 33.1. The average Bonchev–Trinajstić information content (AvgIpc) is 2.25. The number of nitrogens with zero attached hydrogens (tertiary/aromatic N) is 2. The highest BCUT2D eigenvalue weighted by Crippen LogP contribution is 2.08. The highest BCUT2D eigenvalue weighted by molar-refractivity contribution is 6.11. The highest BCUT2D eigenvalue weighted by Gasteiger charge is 2.36. The lowest BCUT2D eigenvalue weighted by Crippen LogP contribution is -2.59. The van der Waals surface area contributed by atoms with Crippen LogP contribution in [-0.2, 0) is 4.79 Å². The summed E-state index contributed by atoms with van der Waals surface area (Å²) in [6, 6.07) is -0.481. The maximum absolute atomic E-state index is 10.4. The van der Waals surface area contributed by atoms with Gasteiger partial charge in [0.25, 0.3) is 0 Å². The molecule has 5 heteroatoms. The lowest BCUT2D eigenvalue weighted by atomic mass is 10.3. The van der Waals surface area contributed by atoms with Gasteiger partial charge in [-0.1, -0.05) is 13.8 Å². The van der Waals surface area contributed by atoms with Crippen molar-refractivity contribution in [1.29, 1.82) is 0 Å². The van der Waals surface area contributed by atoms with E-state index in [0.29, 0.717) is 18.6 Å². The topological polar surface area (TPSA) is 57.7 Å². The number of urea groups is 2. The Kier molecular flexibility index (Phi) is 4.83. The zero-order valence-corrected chi connectivity index (χ0v) is 9.03. The molecule has 1 fully saturated rings. The number of hydrogen-bond acceptors (Lipinski definition) is 3. The second-order valence-electron chi connectivity index (χ2n) is 2.93. The van der Waals surface area contributed by atoms with Crippen molar-refractivity contribution in [3.63, 3.8) is 0 Å². The summed E-state index contributed by atoms with van der Waals surface area (Å²) in [6.45, 7) is 3.76. The zero-order valence-electron chi connectivity index (χ0n) is 9.03. The van der Waals surface area contributed by atoms with Crippen LogP contribution in [0.1, 0.15) is 26.7 Å². The van der Waals surface area contributed by atoms with Crippen LogP contribution in [0, 0.1) is 0 Å². The molecule has 80 valence electrons. The standard InChI is InChI=1S/C5H10O.C4H6N2O2/c1-3-5(6)4-2;1-5-3(7)6(2)4(5)8/h3-4H2,1-2H3;1-2H3. The summed E-state index contributed by atoms with van der Waals surface area (Å²) in [5, 5.41) is 0. The maximum Gasteiger partial charge on any atom is 0.335 e. The molecule has 1 rings (SSSR count). The first-order valence-electron chi connectivity index (χ1n) is 4.52. The van der Waals surface area contributed by atoms with Crippen LogP contribution in [0.3, 0.4) is 0 Å². The molecule has 0 aromatic rings. The Morgan fingerprint density at radius 3 is 1.36 bits per heavy atom.